The number of aryl methyl sites for hydroxylation is 2. The van der Waals surface area contributed by atoms with Crippen LogP contribution in [0.15, 0.2) is 157 Å². The van der Waals surface area contributed by atoms with Crippen molar-refractivity contribution in [3.8, 4) is 41.9 Å². The van der Waals surface area contributed by atoms with Crippen LogP contribution < -0.4 is 19.1 Å². The summed E-state index contributed by atoms with van der Waals surface area (Å²) in [5, 5.41) is 9.63. The van der Waals surface area contributed by atoms with E-state index in [9.17, 15) is 9.90 Å². The summed E-state index contributed by atoms with van der Waals surface area (Å²) in [6.07, 6.45) is 36.7. The van der Waals surface area contributed by atoms with Gasteiger partial charge in [0.25, 0.3) is 0 Å². The van der Waals surface area contributed by atoms with E-state index in [4.69, 9.17) is 32.0 Å². The minimum atomic E-state index is -0.947. The van der Waals surface area contributed by atoms with E-state index < -0.39 is 11.4 Å². The average molecular weight is 1160 g/mol. The first-order valence-electron chi connectivity index (χ1n) is 31.0. The number of hydrogen-bond acceptors (Lipinski definition) is 6. The van der Waals surface area contributed by atoms with Crippen LogP contribution in [0.3, 0.4) is 0 Å². The van der Waals surface area contributed by atoms with Gasteiger partial charge in [-0.2, -0.15) is 0 Å². The first kappa shape index (κ1) is 64.0. The molecular weight excluding hydrogens is 1070 g/mol. The van der Waals surface area contributed by atoms with E-state index in [2.05, 4.69) is 236 Å². The number of allylic oxidation sites excluding steroid dienone is 1. The van der Waals surface area contributed by atoms with Gasteiger partial charge in [-0.1, -0.05) is 171 Å². The highest BCUT2D eigenvalue weighted by Gasteiger charge is 2.34. The normalized spacial score (nSPS) is 12.8. The zero-order valence-electron chi connectivity index (χ0n) is 52.3. The van der Waals surface area contributed by atoms with E-state index in [0.29, 0.717) is 37.6 Å². The number of rotatable bonds is 30. The summed E-state index contributed by atoms with van der Waals surface area (Å²) in [5.74, 6) is 8.20. The number of aliphatic imine (C=N–C) groups is 1. The van der Waals surface area contributed by atoms with Gasteiger partial charge in [0.15, 0.2) is 0 Å². The highest BCUT2D eigenvalue weighted by molar-refractivity contribution is 6.10. The quantitative estimate of drug-likeness (QED) is 0.0275. The van der Waals surface area contributed by atoms with Gasteiger partial charge < -0.3 is 24.2 Å². The van der Waals surface area contributed by atoms with Crippen molar-refractivity contribution in [1.82, 2.24) is 0 Å². The molecule has 0 fully saturated rings. The Morgan fingerprint density at radius 1 is 0.517 bits per heavy atom. The number of hydrogen-bond donors (Lipinski definition) is 1. The molecule has 1 aliphatic heterocycles. The van der Waals surface area contributed by atoms with E-state index >= 15 is 0 Å². The Labute approximate surface area is 519 Å². The molecule has 7 aromatic rings. The number of benzene rings is 7. The van der Waals surface area contributed by atoms with Crippen LogP contribution in [0.25, 0.3) is 42.5 Å². The maximum Gasteiger partial charge on any atom is 0.335 e. The van der Waals surface area contributed by atoms with Gasteiger partial charge in [-0.25, -0.2) is 4.79 Å². The molecule has 0 amide bonds. The predicted molar refractivity (Wildman–Crippen MR) is 368 cm³/mol. The highest BCUT2D eigenvalue weighted by Crippen LogP contribution is 2.42. The molecule has 7 nitrogen and oxygen atoms in total. The maximum absolute atomic E-state index is 11.7. The van der Waals surface area contributed by atoms with Gasteiger partial charge in [0, 0.05) is 52.0 Å². The number of aromatic carboxylic acids is 1. The molecule has 8 rings (SSSR count). The monoisotopic (exact) mass is 1150 g/mol. The van der Waals surface area contributed by atoms with Crippen LogP contribution in [0.4, 0.5) is 22.7 Å². The number of anilines is 3. The number of nitrogens with zero attached hydrogens (tertiary/aromatic N) is 2. The van der Waals surface area contributed by atoms with Crippen molar-refractivity contribution in [2.45, 2.75) is 119 Å². The van der Waals surface area contributed by atoms with Crippen molar-refractivity contribution in [3.05, 3.63) is 213 Å². The second-order valence-corrected chi connectivity index (χ2v) is 24.4. The molecule has 0 atom stereocenters. The van der Waals surface area contributed by atoms with Crippen molar-refractivity contribution in [1.29, 1.82) is 0 Å². The van der Waals surface area contributed by atoms with Crippen molar-refractivity contribution in [3.63, 3.8) is 0 Å². The predicted octanol–water partition coefficient (Wildman–Crippen LogP) is 20.6. The van der Waals surface area contributed by atoms with Crippen molar-refractivity contribution in [2.75, 3.05) is 24.7 Å². The third-order valence-electron chi connectivity index (χ3n) is 15.4. The van der Waals surface area contributed by atoms with Crippen LogP contribution in [0, 0.1) is 42.4 Å². The fraction of sp³-hybridized carbons (Fsp3) is 0.300. The molecule has 1 heterocycles. The smallest absolute Gasteiger partial charge is 0.335 e. The lowest BCUT2D eigenvalue weighted by atomic mass is 9.80. The SMILES string of the molecule is C#CCCCCc1ccc(N(c2ccc(C=Cc3ccc(C=Cc4ccc(C=Cc5ccc(C=CC6=Nc7ccc(C(=O)O)cc7C6(C)C)cc5OCC(C)C)cc4OCC(C)C)cc3OCCC(C)C)cc2)c2ccc(CCCCC#C)cc2)cc1. The highest BCUT2D eigenvalue weighted by atomic mass is 16.5. The summed E-state index contributed by atoms with van der Waals surface area (Å²) >= 11 is 0. The van der Waals surface area contributed by atoms with Crippen LogP contribution >= 0.6 is 0 Å². The molecule has 7 heteroatoms. The zero-order chi connectivity index (χ0) is 61.7. The molecule has 0 aromatic heterocycles. The fourth-order valence-corrected chi connectivity index (χ4v) is 10.2. The summed E-state index contributed by atoms with van der Waals surface area (Å²) in [7, 11) is 0. The van der Waals surface area contributed by atoms with Crippen molar-refractivity contribution in [2.24, 2.45) is 22.7 Å². The largest absolute Gasteiger partial charge is 0.493 e. The molecule has 0 spiro atoms. The summed E-state index contributed by atoms with van der Waals surface area (Å²) in [4.78, 5) is 19.0. The fourth-order valence-electron chi connectivity index (χ4n) is 10.2. The standard InChI is InChI=1S/C80H86N2O5/c1-11-13-15-17-19-60-27-41-70(42-28-60)82(71-43-29-61(30-44-71)20-18-16-14-12-2)72-45-31-62(32-46-72)21-34-66-35-22-63(51-75(66)85-50-49-57(3)4)23-36-67-37-24-64(52-76(67)86-55-58(5)6)25-38-68-39-26-65(53-77(68)87-56-59(7)8)33-48-78-80(9,10)73-54-69(79(83)84)40-47-74(73)81-78/h1-2,21-48,51-54,57-59H,13-20,49-50,55-56H2,3-10H3,(H,83,84). The topological polar surface area (TPSA) is 80.6 Å². The molecule has 0 saturated carbocycles. The van der Waals surface area contributed by atoms with Gasteiger partial charge in [0.05, 0.1) is 36.8 Å². The van der Waals surface area contributed by atoms with Crippen LogP contribution in [-0.4, -0.2) is 36.6 Å². The molecule has 7 aromatic carbocycles. The second kappa shape index (κ2) is 31.4. The Morgan fingerprint density at radius 3 is 1.38 bits per heavy atom. The van der Waals surface area contributed by atoms with Crippen molar-refractivity contribution < 1.29 is 24.1 Å². The number of fused-ring (bicyclic) bond motifs is 1. The molecule has 1 aliphatic rings. The summed E-state index contributed by atoms with van der Waals surface area (Å²) in [6.45, 7) is 19.0. The van der Waals surface area contributed by atoms with E-state index in [1.54, 1.807) is 18.2 Å². The first-order valence-corrected chi connectivity index (χ1v) is 31.0. The number of ether oxygens (including phenoxy) is 3. The van der Waals surface area contributed by atoms with Crippen LogP contribution in [-0.2, 0) is 18.3 Å². The number of carboxylic acids is 1. The Balaban J connectivity index is 1.000. The molecule has 0 bridgehead atoms. The minimum Gasteiger partial charge on any atom is -0.493 e. The second-order valence-electron chi connectivity index (χ2n) is 24.4. The lowest BCUT2D eigenvalue weighted by Gasteiger charge is -2.26. The van der Waals surface area contributed by atoms with Gasteiger partial charge in [-0.15, -0.1) is 24.7 Å². The van der Waals surface area contributed by atoms with E-state index in [1.165, 1.54) is 11.1 Å². The average Bonchev–Trinajstić information content (AvgIpc) is 1.83. The van der Waals surface area contributed by atoms with Gasteiger partial charge >= 0.3 is 5.97 Å². The van der Waals surface area contributed by atoms with Crippen LogP contribution in [0.1, 0.15) is 166 Å². The third kappa shape index (κ3) is 18.5. The van der Waals surface area contributed by atoms with E-state index in [1.807, 2.05) is 12.2 Å². The van der Waals surface area contributed by atoms with Gasteiger partial charge in [0.2, 0.25) is 0 Å². The Kier molecular flexibility index (Phi) is 23.1. The maximum atomic E-state index is 11.7. The van der Waals surface area contributed by atoms with Gasteiger partial charge in [-0.3, -0.25) is 4.99 Å². The van der Waals surface area contributed by atoms with E-state index in [-0.39, 0.29) is 5.56 Å². The Bertz CT molecular complexity index is 3610. The Morgan fingerprint density at radius 2 is 0.943 bits per heavy atom. The van der Waals surface area contributed by atoms with Crippen LogP contribution in [0.2, 0.25) is 0 Å². The summed E-state index contributed by atoms with van der Waals surface area (Å²) in [6, 6.07) is 50.8. The lowest BCUT2D eigenvalue weighted by Crippen LogP contribution is -2.24. The van der Waals surface area contributed by atoms with Crippen LogP contribution in [0.5, 0.6) is 17.2 Å². The molecule has 0 saturated heterocycles. The molecule has 0 unspecified atom stereocenters. The molecule has 1 N–H and O–H groups in total. The van der Waals surface area contributed by atoms with E-state index in [0.717, 1.165) is 148 Å². The van der Waals surface area contributed by atoms with Gasteiger partial charge in [-0.05, 0) is 181 Å². The lowest BCUT2D eigenvalue weighted by molar-refractivity contribution is 0.0696. The van der Waals surface area contributed by atoms with Crippen molar-refractivity contribution >= 4 is 77.0 Å². The first-order chi connectivity index (χ1) is 42.1. The molecular formula is C80H86N2O5. The third-order valence-corrected chi connectivity index (χ3v) is 15.4. The molecule has 0 aliphatic carbocycles. The Hall–Kier alpha value is -9.04. The number of terminal acetylenes is 2. The van der Waals surface area contributed by atoms with Gasteiger partial charge in [0.1, 0.15) is 17.2 Å². The summed E-state index contributed by atoms with van der Waals surface area (Å²) < 4.78 is 19.5. The minimum absolute atomic E-state index is 0.260. The molecule has 446 valence electrons. The molecule has 87 heavy (non-hydrogen) atoms. The summed E-state index contributed by atoms with van der Waals surface area (Å²) in [5.41, 5.74) is 15.3. The number of unbranched alkanes of at least 4 members (excludes halogenated alkanes) is 4. The zero-order valence-corrected chi connectivity index (χ0v) is 52.3. The number of carboxylic acid groups (broad SMARTS) is 1. The number of carbonyl (C=O) groups is 1. The molecule has 0 radical (unpaired) electrons.